The van der Waals surface area contributed by atoms with Crippen molar-refractivity contribution in [3.05, 3.63) is 50.2 Å². The van der Waals surface area contributed by atoms with Crippen LogP contribution in [0.4, 0.5) is 4.39 Å². The molecule has 0 aliphatic heterocycles. The molecule has 98 valence electrons. The number of hydrogen-bond acceptors (Lipinski definition) is 3. The third kappa shape index (κ3) is 2.55. The minimum atomic E-state index is -1.28. The highest BCUT2D eigenvalue weighted by molar-refractivity contribution is 9.10. The number of aromatic nitrogens is 2. The van der Waals surface area contributed by atoms with Gasteiger partial charge in [0.2, 0.25) is 0 Å². The molecular formula is C12H8BrFN2O3. The number of benzene rings is 1. The van der Waals surface area contributed by atoms with E-state index in [4.69, 9.17) is 5.11 Å². The molecular weight excluding hydrogens is 319 g/mol. The van der Waals surface area contributed by atoms with E-state index in [2.05, 4.69) is 25.9 Å². The maximum absolute atomic E-state index is 13.8. The SMILES string of the molecule is Cc1[nH]c(=O)nc(-c2cc(Br)ccc2F)c1C(=O)O. The quantitative estimate of drug-likeness (QED) is 0.887. The first-order valence-electron chi connectivity index (χ1n) is 5.20. The van der Waals surface area contributed by atoms with E-state index >= 15 is 0 Å². The van der Waals surface area contributed by atoms with Crippen LogP contribution in [0.25, 0.3) is 11.3 Å². The van der Waals surface area contributed by atoms with Crippen LogP contribution in [0.2, 0.25) is 0 Å². The summed E-state index contributed by atoms with van der Waals surface area (Å²) in [7, 11) is 0. The van der Waals surface area contributed by atoms with Gasteiger partial charge in [-0.15, -0.1) is 0 Å². The van der Waals surface area contributed by atoms with Gasteiger partial charge in [0.15, 0.2) is 0 Å². The first-order chi connectivity index (χ1) is 8.90. The van der Waals surface area contributed by atoms with Gasteiger partial charge in [-0.25, -0.2) is 14.0 Å². The first-order valence-corrected chi connectivity index (χ1v) is 5.99. The predicted molar refractivity (Wildman–Crippen MR) is 69.6 cm³/mol. The average Bonchev–Trinajstić information content (AvgIpc) is 2.30. The maximum Gasteiger partial charge on any atom is 0.345 e. The number of nitrogens with one attached hydrogen (secondary N) is 1. The average molecular weight is 327 g/mol. The smallest absolute Gasteiger partial charge is 0.345 e. The Labute approximate surface area is 115 Å². The van der Waals surface area contributed by atoms with Crippen molar-refractivity contribution in [2.75, 3.05) is 0 Å². The molecule has 2 rings (SSSR count). The number of carboxylic acid groups (broad SMARTS) is 1. The zero-order chi connectivity index (χ0) is 14.2. The number of aromatic carboxylic acids is 1. The summed E-state index contributed by atoms with van der Waals surface area (Å²) in [5.74, 6) is -1.93. The third-order valence-electron chi connectivity index (χ3n) is 2.52. The van der Waals surface area contributed by atoms with Crippen molar-refractivity contribution >= 4 is 21.9 Å². The summed E-state index contributed by atoms with van der Waals surface area (Å²) in [5, 5.41) is 9.16. The number of hydrogen-bond donors (Lipinski definition) is 2. The van der Waals surface area contributed by atoms with Crippen molar-refractivity contribution in [1.82, 2.24) is 9.97 Å². The second-order valence-electron chi connectivity index (χ2n) is 3.82. The van der Waals surface area contributed by atoms with Gasteiger partial charge in [-0.1, -0.05) is 15.9 Å². The van der Waals surface area contributed by atoms with Crippen molar-refractivity contribution in [2.24, 2.45) is 0 Å². The standard InChI is InChI=1S/C12H8BrFN2O3/c1-5-9(11(17)18)10(16-12(19)15-5)7-4-6(13)2-3-8(7)14/h2-4H,1H3,(H,17,18)(H,15,16,19). The van der Waals surface area contributed by atoms with Gasteiger partial charge in [0.25, 0.3) is 0 Å². The van der Waals surface area contributed by atoms with E-state index in [1.165, 1.54) is 25.1 Å². The molecule has 0 bridgehead atoms. The van der Waals surface area contributed by atoms with Gasteiger partial charge in [0.05, 0.1) is 5.69 Å². The third-order valence-corrected chi connectivity index (χ3v) is 3.01. The van der Waals surface area contributed by atoms with Gasteiger partial charge in [-0.05, 0) is 25.1 Å². The number of carboxylic acids is 1. The van der Waals surface area contributed by atoms with E-state index < -0.39 is 17.5 Å². The number of aromatic amines is 1. The van der Waals surface area contributed by atoms with Gasteiger partial charge in [-0.3, -0.25) is 0 Å². The number of nitrogens with zero attached hydrogens (tertiary/aromatic N) is 1. The van der Waals surface area contributed by atoms with Crippen molar-refractivity contribution < 1.29 is 14.3 Å². The van der Waals surface area contributed by atoms with Crippen LogP contribution in [0.3, 0.4) is 0 Å². The zero-order valence-corrected chi connectivity index (χ0v) is 11.3. The van der Waals surface area contributed by atoms with Crippen LogP contribution in [0, 0.1) is 12.7 Å². The molecule has 0 atom stereocenters. The van der Waals surface area contributed by atoms with Gasteiger partial charge in [0.1, 0.15) is 11.4 Å². The topological polar surface area (TPSA) is 83.0 Å². The number of aryl methyl sites for hydroxylation is 1. The van der Waals surface area contributed by atoms with E-state index in [-0.39, 0.29) is 22.5 Å². The van der Waals surface area contributed by atoms with E-state index in [1.807, 2.05) is 0 Å². The number of H-pyrrole nitrogens is 1. The molecule has 0 fully saturated rings. The minimum Gasteiger partial charge on any atom is -0.478 e. The molecule has 0 aliphatic carbocycles. The van der Waals surface area contributed by atoms with Crippen LogP contribution in [-0.2, 0) is 0 Å². The molecule has 2 N–H and O–H groups in total. The van der Waals surface area contributed by atoms with Crippen molar-refractivity contribution in [3.63, 3.8) is 0 Å². The molecule has 19 heavy (non-hydrogen) atoms. The Morgan fingerprint density at radius 1 is 1.47 bits per heavy atom. The van der Waals surface area contributed by atoms with Crippen molar-refractivity contribution in [1.29, 1.82) is 0 Å². The molecule has 0 saturated heterocycles. The Kier molecular flexibility index (Phi) is 3.48. The first kappa shape index (κ1) is 13.4. The molecule has 0 spiro atoms. The fourth-order valence-corrected chi connectivity index (χ4v) is 2.08. The van der Waals surface area contributed by atoms with E-state index in [0.29, 0.717) is 4.47 Å². The molecule has 7 heteroatoms. The Morgan fingerprint density at radius 2 is 2.16 bits per heavy atom. The summed E-state index contributed by atoms with van der Waals surface area (Å²) in [6.45, 7) is 1.42. The summed E-state index contributed by atoms with van der Waals surface area (Å²) in [5.41, 5.74) is -1.05. The summed E-state index contributed by atoms with van der Waals surface area (Å²) >= 11 is 3.16. The molecule has 0 amide bonds. The van der Waals surface area contributed by atoms with Crippen LogP contribution < -0.4 is 5.69 Å². The summed E-state index contributed by atoms with van der Waals surface area (Å²) in [6.07, 6.45) is 0. The summed E-state index contributed by atoms with van der Waals surface area (Å²) in [4.78, 5) is 28.4. The van der Waals surface area contributed by atoms with Crippen molar-refractivity contribution in [2.45, 2.75) is 6.92 Å². The fourth-order valence-electron chi connectivity index (χ4n) is 1.72. The second-order valence-corrected chi connectivity index (χ2v) is 4.74. The normalized spacial score (nSPS) is 10.5. The highest BCUT2D eigenvalue weighted by Gasteiger charge is 2.20. The maximum atomic E-state index is 13.8. The van der Waals surface area contributed by atoms with E-state index in [9.17, 15) is 14.0 Å². The molecule has 0 saturated carbocycles. The Morgan fingerprint density at radius 3 is 2.79 bits per heavy atom. The Bertz CT molecular complexity index is 727. The molecule has 0 radical (unpaired) electrons. The molecule has 0 unspecified atom stereocenters. The number of halogens is 2. The Hall–Kier alpha value is -2.02. The molecule has 1 aromatic heterocycles. The molecule has 1 heterocycles. The lowest BCUT2D eigenvalue weighted by atomic mass is 10.0. The monoisotopic (exact) mass is 326 g/mol. The second kappa shape index (κ2) is 4.93. The molecule has 2 aromatic rings. The molecule has 1 aromatic carbocycles. The number of carbonyl (C=O) groups is 1. The van der Waals surface area contributed by atoms with Crippen LogP contribution in [0.5, 0.6) is 0 Å². The van der Waals surface area contributed by atoms with Crippen LogP contribution in [-0.4, -0.2) is 21.0 Å². The van der Waals surface area contributed by atoms with Crippen LogP contribution >= 0.6 is 15.9 Å². The Balaban J connectivity index is 2.85. The lowest BCUT2D eigenvalue weighted by Gasteiger charge is -2.08. The van der Waals surface area contributed by atoms with Gasteiger partial charge >= 0.3 is 11.7 Å². The highest BCUT2D eigenvalue weighted by Crippen LogP contribution is 2.27. The minimum absolute atomic E-state index is 0.0408. The highest BCUT2D eigenvalue weighted by atomic mass is 79.9. The van der Waals surface area contributed by atoms with E-state index in [1.54, 1.807) is 0 Å². The van der Waals surface area contributed by atoms with Gasteiger partial charge in [-0.2, -0.15) is 4.98 Å². The van der Waals surface area contributed by atoms with Crippen LogP contribution in [0.1, 0.15) is 16.1 Å². The largest absolute Gasteiger partial charge is 0.478 e. The lowest BCUT2D eigenvalue weighted by Crippen LogP contribution is -2.18. The number of rotatable bonds is 2. The van der Waals surface area contributed by atoms with Crippen LogP contribution in [0.15, 0.2) is 27.5 Å². The molecule has 5 nitrogen and oxygen atoms in total. The summed E-state index contributed by atoms with van der Waals surface area (Å²) < 4.78 is 14.4. The van der Waals surface area contributed by atoms with Crippen molar-refractivity contribution in [3.8, 4) is 11.3 Å². The van der Waals surface area contributed by atoms with Gasteiger partial charge < -0.3 is 10.1 Å². The summed E-state index contributed by atoms with van der Waals surface area (Å²) in [6, 6.07) is 4.02. The predicted octanol–water partition coefficient (Wildman–Crippen LogP) is 2.35. The van der Waals surface area contributed by atoms with E-state index in [0.717, 1.165) is 0 Å². The fraction of sp³-hybridized carbons (Fsp3) is 0.0833. The molecule has 0 aliphatic rings. The van der Waals surface area contributed by atoms with Gasteiger partial charge in [0, 0.05) is 15.7 Å². The lowest BCUT2D eigenvalue weighted by molar-refractivity contribution is 0.0696. The zero-order valence-electron chi connectivity index (χ0n) is 9.70.